The van der Waals surface area contributed by atoms with Crippen molar-refractivity contribution in [3.8, 4) is 0 Å². The van der Waals surface area contributed by atoms with Crippen molar-refractivity contribution in [3.05, 3.63) is 29.8 Å². The molecule has 0 spiro atoms. The zero-order chi connectivity index (χ0) is 14.1. The second-order valence-corrected chi connectivity index (χ2v) is 5.02. The monoisotopic (exact) mass is 262 g/mol. The summed E-state index contributed by atoms with van der Waals surface area (Å²) in [5, 5.41) is 6.34. The van der Waals surface area contributed by atoms with Gasteiger partial charge in [0.15, 0.2) is 0 Å². The average Bonchev–Trinajstić information content (AvgIpc) is 2.42. The van der Waals surface area contributed by atoms with Crippen molar-refractivity contribution in [1.29, 1.82) is 0 Å². The van der Waals surface area contributed by atoms with Gasteiger partial charge >= 0.3 is 0 Å². The third-order valence-corrected chi connectivity index (χ3v) is 3.06. The van der Waals surface area contributed by atoms with E-state index in [-0.39, 0.29) is 5.91 Å². The van der Waals surface area contributed by atoms with Gasteiger partial charge in [0.05, 0.1) is 0 Å². The number of hydrogen-bond donors (Lipinski definition) is 2. The standard InChI is InChI=1S/C16H26N2O/c1-4-6-8-13(3)18-15-10-7-9-14(12-15)16(19)17-11-5-2/h7,9-10,12-13,18H,4-6,8,11H2,1-3H3,(H,17,19). The van der Waals surface area contributed by atoms with E-state index in [1.54, 1.807) is 0 Å². The normalized spacial score (nSPS) is 11.9. The van der Waals surface area contributed by atoms with Crippen molar-refractivity contribution < 1.29 is 4.79 Å². The number of anilines is 1. The number of rotatable bonds is 8. The van der Waals surface area contributed by atoms with Gasteiger partial charge < -0.3 is 10.6 Å². The minimum absolute atomic E-state index is 0.00621. The number of hydrogen-bond acceptors (Lipinski definition) is 2. The molecule has 1 rings (SSSR count). The summed E-state index contributed by atoms with van der Waals surface area (Å²) in [5.74, 6) is 0.00621. The number of amides is 1. The van der Waals surface area contributed by atoms with E-state index in [1.165, 1.54) is 12.8 Å². The number of benzene rings is 1. The van der Waals surface area contributed by atoms with Crippen LogP contribution in [0.5, 0.6) is 0 Å². The molecule has 0 aliphatic heterocycles. The van der Waals surface area contributed by atoms with Crippen LogP contribution in [0, 0.1) is 0 Å². The first-order chi connectivity index (χ1) is 9.17. The molecular formula is C16H26N2O. The Hall–Kier alpha value is -1.51. The molecule has 19 heavy (non-hydrogen) atoms. The minimum atomic E-state index is 0.00621. The van der Waals surface area contributed by atoms with Crippen LogP contribution in [0.2, 0.25) is 0 Å². The molecule has 0 aliphatic carbocycles. The lowest BCUT2D eigenvalue weighted by Crippen LogP contribution is -2.24. The van der Waals surface area contributed by atoms with Crippen molar-refractivity contribution >= 4 is 11.6 Å². The van der Waals surface area contributed by atoms with E-state index < -0.39 is 0 Å². The molecule has 0 radical (unpaired) electrons. The fourth-order valence-electron chi connectivity index (χ4n) is 1.96. The summed E-state index contributed by atoms with van der Waals surface area (Å²) in [7, 11) is 0. The summed E-state index contributed by atoms with van der Waals surface area (Å²) < 4.78 is 0. The third-order valence-electron chi connectivity index (χ3n) is 3.06. The van der Waals surface area contributed by atoms with E-state index in [1.807, 2.05) is 31.2 Å². The zero-order valence-electron chi connectivity index (χ0n) is 12.3. The quantitative estimate of drug-likeness (QED) is 0.748. The van der Waals surface area contributed by atoms with Gasteiger partial charge in [-0.25, -0.2) is 0 Å². The molecule has 0 aromatic heterocycles. The maximum atomic E-state index is 11.9. The Morgan fingerprint density at radius 1 is 1.26 bits per heavy atom. The number of carbonyl (C=O) groups is 1. The van der Waals surface area contributed by atoms with Crippen LogP contribution in [0.15, 0.2) is 24.3 Å². The number of nitrogens with one attached hydrogen (secondary N) is 2. The smallest absolute Gasteiger partial charge is 0.251 e. The second-order valence-electron chi connectivity index (χ2n) is 5.02. The molecule has 3 heteroatoms. The summed E-state index contributed by atoms with van der Waals surface area (Å²) in [4.78, 5) is 11.9. The van der Waals surface area contributed by atoms with Gasteiger partial charge in [-0.1, -0.05) is 32.8 Å². The first-order valence-electron chi connectivity index (χ1n) is 7.32. The first-order valence-corrected chi connectivity index (χ1v) is 7.32. The van der Waals surface area contributed by atoms with Crippen molar-refractivity contribution in [2.45, 2.75) is 52.5 Å². The number of carbonyl (C=O) groups excluding carboxylic acids is 1. The zero-order valence-corrected chi connectivity index (χ0v) is 12.3. The van der Waals surface area contributed by atoms with Gasteiger partial charge in [0.25, 0.3) is 5.91 Å². The predicted molar refractivity (Wildman–Crippen MR) is 81.7 cm³/mol. The van der Waals surface area contributed by atoms with E-state index in [2.05, 4.69) is 24.5 Å². The molecule has 1 unspecified atom stereocenters. The van der Waals surface area contributed by atoms with Crippen molar-refractivity contribution in [2.75, 3.05) is 11.9 Å². The van der Waals surface area contributed by atoms with Gasteiger partial charge in [0.2, 0.25) is 0 Å². The Bertz CT molecular complexity index is 390. The van der Waals surface area contributed by atoms with Gasteiger partial charge in [-0.05, 0) is 38.0 Å². The molecule has 1 aromatic rings. The topological polar surface area (TPSA) is 41.1 Å². The van der Waals surface area contributed by atoms with Gasteiger partial charge in [-0.2, -0.15) is 0 Å². The Morgan fingerprint density at radius 2 is 2.05 bits per heavy atom. The van der Waals surface area contributed by atoms with Crippen molar-refractivity contribution in [2.24, 2.45) is 0 Å². The summed E-state index contributed by atoms with van der Waals surface area (Å²) >= 11 is 0. The minimum Gasteiger partial charge on any atom is -0.383 e. The second kappa shape index (κ2) is 8.57. The predicted octanol–water partition coefficient (Wildman–Crippen LogP) is 3.82. The molecule has 1 amide bonds. The molecule has 0 aliphatic rings. The van der Waals surface area contributed by atoms with Crippen LogP contribution in [0.4, 0.5) is 5.69 Å². The van der Waals surface area contributed by atoms with Crippen molar-refractivity contribution in [1.82, 2.24) is 5.32 Å². The molecule has 106 valence electrons. The molecule has 0 saturated heterocycles. The highest BCUT2D eigenvalue weighted by Crippen LogP contribution is 2.14. The average molecular weight is 262 g/mol. The third kappa shape index (κ3) is 5.77. The van der Waals surface area contributed by atoms with E-state index >= 15 is 0 Å². The molecule has 0 saturated carbocycles. The maximum absolute atomic E-state index is 11.9. The van der Waals surface area contributed by atoms with Gasteiger partial charge in [-0.15, -0.1) is 0 Å². The molecule has 0 bridgehead atoms. The maximum Gasteiger partial charge on any atom is 0.251 e. The van der Waals surface area contributed by atoms with E-state index in [0.29, 0.717) is 6.04 Å². The van der Waals surface area contributed by atoms with Crippen LogP contribution in [-0.2, 0) is 0 Å². The summed E-state index contributed by atoms with van der Waals surface area (Å²) in [6.45, 7) is 7.15. The van der Waals surface area contributed by atoms with Crippen LogP contribution >= 0.6 is 0 Å². The molecule has 1 atom stereocenters. The Kier molecular flexibility index (Phi) is 7.01. The first kappa shape index (κ1) is 15.5. The lowest BCUT2D eigenvalue weighted by atomic mass is 10.1. The molecule has 2 N–H and O–H groups in total. The lowest BCUT2D eigenvalue weighted by molar-refractivity contribution is 0.0953. The highest BCUT2D eigenvalue weighted by atomic mass is 16.1. The van der Waals surface area contributed by atoms with E-state index in [4.69, 9.17) is 0 Å². The van der Waals surface area contributed by atoms with Crippen LogP contribution in [-0.4, -0.2) is 18.5 Å². The van der Waals surface area contributed by atoms with Crippen LogP contribution < -0.4 is 10.6 Å². The van der Waals surface area contributed by atoms with Gasteiger partial charge in [0.1, 0.15) is 0 Å². The van der Waals surface area contributed by atoms with E-state index in [0.717, 1.165) is 30.6 Å². The Labute approximate surface area is 116 Å². The molecular weight excluding hydrogens is 236 g/mol. The molecule has 3 nitrogen and oxygen atoms in total. The lowest BCUT2D eigenvalue weighted by Gasteiger charge is -2.15. The molecule has 0 fully saturated rings. The van der Waals surface area contributed by atoms with E-state index in [9.17, 15) is 4.79 Å². The molecule has 0 heterocycles. The highest BCUT2D eigenvalue weighted by molar-refractivity contribution is 5.95. The summed E-state index contributed by atoms with van der Waals surface area (Å²) in [5.41, 5.74) is 1.74. The van der Waals surface area contributed by atoms with Gasteiger partial charge in [-0.3, -0.25) is 4.79 Å². The van der Waals surface area contributed by atoms with Crippen LogP contribution in [0.3, 0.4) is 0 Å². The van der Waals surface area contributed by atoms with Crippen molar-refractivity contribution in [3.63, 3.8) is 0 Å². The number of unbranched alkanes of at least 4 members (excludes halogenated alkanes) is 1. The molecule has 1 aromatic carbocycles. The Balaban J connectivity index is 2.58. The Morgan fingerprint density at radius 3 is 2.74 bits per heavy atom. The summed E-state index contributed by atoms with van der Waals surface area (Å²) in [6.07, 6.45) is 4.55. The fraction of sp³-hybridized carbons (Fsp3) is 0.562. The SMILES string of the molecule is CCCCC(C)Nc1cccc(C(=O)NCCC)c1. The highest BCUT2D eigenvalue weighted by Gasteiger charge is 2.06. The fourth-order valence-corrected chi connectivity index (χ4v) is 1.96. The largest absolute Gasteiger partial charge is 0.383 e. The van der Waals surface area contributed by atoms with Crippen LogP contribution in [0.25, 0.3) is 0 Å². The van der Waals surface area contributed by atoms with Crippen LogP contribution in [0.1, 0.15) is 56.8 Å². The summed E-state index contributed by atoms with van der Waals surface area (Å²) in [6, 6.07) is 8.16. The van der Waals surface area contributed by atoms with Gasteiger partial charge in [0, 0.05) is 23.8 Å².